The number of hydrogen-bond acceptors (Lipinski definition) is 3. The maximum atomic E-state index is 6.42. The first-order valence-corrected chi connectivity index (χ1v) is 8.17. The molecule has 1 heterocycles. The van der Waals surface area contributed by atoms with E-state index in [4.69, 9.17) is 11.6 Å². The summed E-state index contributed by atoms with van der Waals surface area (Å²) in [4.78, 5) is 2.45. The Labute approximate surface area is 119 Å². The van der Waals surface area contributed by atoms with Gasteiger partial charge < -0.3 is 10.2 Å². The minimum atomic E-state index is 0.886. The van der Waals surface area contributed by atoms with E-state index in [2.05, 4.69) is 23.2 Å². The molecule has 0 saturated carbocycles. The number of halogens is 1. The standard InChI is InChI=1S/C14H21ClN2S/c1-2-16-11-12-5-3-6-13(15)14(12)17-7-4-9-18-10-8-17/h3,5-6,16H,2,4,7-11H2,1H3. The van der Waals surface area contributed by atoms with Crippen molar-refractivity contribution < 1.29 is 0 Å². The SMILES string of the molecule is CCNCc1cccc(Cl)c1N1CCCSCC1. The molecule has 1 fully saturated rings. The van der Waals surface area contributed by atoms with Crippen LogP contribution >= 0.6 is 23.4 Å². The summed E-state index contributed by atoms with van der Waals surface area (Å²) in [5.74, 6) is 2.47. The first-order chi connectivity index (χ1) is 8.83. The predicted molar refractivity (Wildman–Crippen MR) is 83.0 cm³/mol. The van der Waals surface area contributed by atoms with Crippen molar-refractivity contribution in [1.82, 2.24) is 5.32 Å². The third kappa shape index (κ3) is 3.56. The molecule has 4 heteroatoms. The molecule has 0 unspecified atom stereocenters. The van der Waals surface area contributed by atoms with Gasteiger partial charge in [-0.1, -0.05) is 30.7 Å². The summed E-state index contributed by atoms with van der Waals surface area (Å²) in [5, 5.41) is 4.28. The average Bonchev–Trinajstić information content (AvgIpc) is 2.65. The number of benzene rings is 1. The lowest BCUT2D eigenvalue weighted by Gasteiger charge is -2.26. The highest BCUT2D eigenvalue weighted by molar-refractivity contribution is 7.99. The zero-order chi connectivity index (χ0) is 12.8. The topological polar surface area (TPSA) is 15.3 Å². The minimum absolute atomic E-state index is 0.886. The molecule has 1 aromatic rings. The summed E-state index contributed by atoms with van der Waals surface area (Å²) in [7, 11) is 0. The lowest BCUT2D eigenvalue weighted by molar-refractivity contribution is 0.719. The maximum Gasteiger partial charge on any atom is 0.0642 e. The first-order valence-electron chi connectivity index (χ1n) is 6.63. The highest BCUT2D eigenvalue weighted by Crippen LogP contribution is 2.31. The van der Waals surface area contributed by atoms with E-state index in [1.165, 1.54) is 29.2 Å². The van der Waals surface area contributed by atoms with Gasteiger partial charge >= 0.3 is 0 Å². The average molecular weight is 285 g/mol. The molecule has 1 N–H and O–H groups in total. The van der Waals surface area contributed by atoms with E-state index in [9.17, 15) is 0 Å². The van der Waals surface area contributed by atoms with E-state index in [-0.39, 0.29) is 0 Å². The number of anilines is 1. The minimum Gasteiger partial charge on any atom is -0.369 e. The number of rotatable bonds is 4. The fourth-order valence-electron chi connectivity index (χ4n) is 2.29. The second kappa shape index (κ2) is 7.27. The van der Waals surface area contributed by atoms with E-state index >= 15 is 0 Å². The zero-order valence-corrected chi connectivity index (χ0v) is 12.5. The summed E-state index contributed by atoms with van der Waals surface area (Å²) in [6, 6.07) is 6.23. The van der Waals surface area contributed by atoms with E-state index < -0.39 is 0 Å². The molecule has 0 bridgehead atoms. The smallest absolute Gasteiger partial charge is 0.0642 e. The van der Waals surface area contributed by atoms with Crippen molar-refractivity contribution in [3.05, 3.63) is 28.8 Å². The van der Waals surface area contributed by atoms with Crippen LogP contribution in [0.4, 0.5) is 5.69 Å². The molecule has 0 spiro atoms. The molecule has 0 radical (unpaired) electrons. The Morgan fingerprint density at radius 2 is 2.22 bits per heavy atom. The third-order valence-electron chi connectivity index (χ3n) is 3.17. The molecular weight excluding hydrogens is 264 g/mol. The van der Waals surface area contributed by atoms with E-state index in [1.54, 1.807) is 0 Å². The Morgan fingerprint density at radius 1 is 1.33 bits per heavy atom. The van der Waals surface area contributed by atoms with Gasteiger partial charge in [0.15, 0.2) is 0 Å². The monoisotopic (exact) mass is 284 g/mol. The Hall–Kier alpha value is -0.380. The van der Waals surface area contributed by atoms with Crippen molar-refractivity contribution in [2.45, 2.75) is 19.9 Å². The van der Waals surface area contributed by atoms with Crippen LogP contribution in [-0.4, -0.2) is 31.1 Å². The zero-order valence-electron chi connectivity index (χ0n) is 10.9. The fraction of sp³-hybridized carbons (Fsp3) is 0.571. The van der Waals surface area contributed by atoms with Crippen LogP contribution in [0, 0.1) is 0 Å². The molecule has 1 aliphatic heterocycles. The molecule has 1 saturated heterocycles. The summed E-state index contributed by atoms with van der Waals surface area (Å²) in [6.07, 6.45) is 1.25. The van der Waals surface area contributed by atoms with Gasteiger partial charge in [0.2, 0.25) is 0 Å². The van der Waals surface area contributed by atoms with Gasteiger partial charge in [-0.05, 0) is 30.3 Å². The summed E-state index contributed by atoms with van der Waals surface area (Å²) >= 11 is 8.46. The largest absolute Gasteiger partial charge is 0.369 e. The lowest BCUT2D eigenvalue weighted by atomic mass is 10.1. The van der Waals surface area contributed by atoms with Crippen molar-refractivity contribution in [2.75, 3.05) is 36.0 Å². The second-order valence-electron chi connectivity index (χ2n) is 4.48. The summed E-state index contributed by atoms with van der Waals surface area (Å²) in [6.45, 7) is 6.24. The summed E-state index contributed by atoms with van der Waals surface area (Å²) < 4.78 is 0. The Balaban J connectivity index is 2.22. The van der Waals surface area contributed by atoms with Gasteiger partial charge in [0.25, 0.3) is 0 Å². The van der Waals surface area contributed by atoms with Crippen LogP contribution in [-0.2, 0) is 6.54 Å². The molecule has 1 aromatic carbocycles. The Bertz CT molecular complexity index is 376. The van der Waals surface area contributed by atoms with Gasteiger partial charge in [-0.25, -0.2) is 0 Å². The fourth-order valence-corrected chi connectivity index (χ4v) is 3.49. The van der Waals surface area contributed by atoms with Crippen LogP contribution in [0.3, 0.4) is 0 Å². The van der Waals surface area contributed by atoms with Gasteiger partial charge in [-0.15, -0.1) is 0 Å². The highest BCUT2D eigenvalue weighted by Gasteiger charge is 2.16. The molecule has 18 heavy (non-hydrogen) atoms. The Kier molecular flexibility index (Phi) is 5.67. The molecule has 0 aromatic heterocycles. The van der Waals surface area contributed by atoms with Crippen molar-refractivity contribution in [3.63, 3.8) is 0 Å². The number of nitrogens with zero attached hydrogens (tertiary/aromatic N) is 1. The van der Waals surface area contributed by atoms with Gasteiger partial charge in [0.05, 0.1) is 10.7 Å². The van der Waals surface area contributed by atoms with E-state index in [0.29, 0.717) is 0 Å². The molecule has 2 nitrogen and oxygen atoms in total. The van der Waals surface area contributed by atoms with Crippen LogP contribution in [0.1, 0.15) is 18.9 Å². The van der Waals surface area contributed by atoms with Gasteiger partial charge in [-0.3, -0.25) is 0 Å². The number of nitrogens with one attached hydrogen (secondary N) is 1. The highest BCUT2D eigenvalue weighted by atomic mass is 35.5. The molecule has 1 aliphatic rings. The predicted octanol–water partition coefficient (Wildman–Crippen LogP) is 3.39. The third-order valence-corrected chi connectivity index (χ3v) is 4.53. The number of hydrogen-bond donors (Lipinski definition) is 1. The molecule has 100 valence electrons. The van der Waals surface area contributed by atoms with E-state index in [1.807, 2.05) is 23.9 Å². The van der Waals surface area contributed by atoms with Crippen LogP contribution in [0.25, 0.3) is 0 Å². The second-order valence-corrected chi connectivity index (χ2v) is 6.11. The number of thioether (sulfide) groups is 1. The van der Waals surface area contributed by atoms with Gasteiger partial charge in [0, 0.05) is 25.4 Å². The van der Waals surface area contributed by atoms with E-state index in [0.717, 1.165) is 31.2 Å². The van der Waals surface area contributed by atoms with Crippen molar-refractivity contribution in [1.29, 1.82) is 0 Å². The summed E-state index contributed by atoms with van der Waals surface area (Å²) in [5.41, 5.74) is 2.55. The van der Waals surface area contributed by atoms with Crippen LogP contribution in [0.2, 0.25) is 5.02 Å². The van der Waals surface area contributed by atoms with Gasteiger partial charge in [0.1, 0.15) is 0 Å². The number of para-hydroxylation sites is 1. The van der Waals surface area contributed by atoms with Crippen molar-refractivity contribution in [2.24, 2.45) is 0 Å². The lowest BCUT2D eigenvalue weighted by Crippen LogP contribution is -2.28. The maximum absolute atomic E-state index is 6.42. The molecular formula is C14H21ClN2S. The van der Waals surface area contributed by atoms with Crippen LogP contribution in [0.5, 0.6) is 0 Å². The van der Waals surface area contributed by atoms with Crippen LogP contribution < -0.4 is 10.2 Å². The van der Waals surface area contributed by atoms with Crippen molar-refractivity contribution >= 4 is 29.1 Å². The van der Waals surface area contributed by atoms with Crippen LogP contribution in [0.15, 0.2) is 18.2 Å². The molecule has 0 amide bonds. The first kappa shape index (κ1) is 14.0. The normalized spacial score (nSPS) is 16.7. The Morgan fingerprint density at radius 3 is 3.06 bits per heavy atom. The molecule has 2 rings (SSSR count). The molecule has 0 atom stereocenters. The van der Waals surface area contributed by atoms with Crippen molar-refractivity contribution in [3.8, 4) is 0 Å². The van der Waals surface area contributed by atoms with Gasteiger partial charge in [-0.2, -0.15) is 11.8 Å². The molecule has 0 aliphatic carbocycles. The quantitative estimate of drug-likeness (QED) is 0.912.